The zero-order valence-electron chi connectivity index (χ0n) is 16.6. The highest BCUT2D eigenvalue weighted by Crippen LogP contribution is 2.27. The molecule has 0 bridgehead atoms. The van der Waals surface area contributed by atoms with Gasteiger partial charge >= 0.3 is 0 Å². The number of hydrogen-bond acceptors (Lipinski definition) is 3. The number of benzene rings is 1. The van der Waals surface area contributed by atoms with Crippen LogP contribution in [0.4, 0.5) is 0 Å². The summed E-state index contributed by atoms with van der Waals surface area (Å²) in [6.07, 6.45) is 3.63. The predicted molar refractivity (Wildman–Crippen MR) is 121 cm³/mol. The standard InChI is InChI=1S/C20H34N4O.HI/c1-5-16(3)23-20(21-6-2)22-15-19(24-12-7-8-13-24)17-10-9-11-18(14-17)25-4;/h9-11,14,16,19H,5-8,12-13,15H2,1-4H3,(H2,21,22,23);1H. The van der Waals surface area contributed by atoms with Gasteiger partial charge in [-0.2, -0.15) is 0 Å². The third kappa shape index (κ3) is 6.95. The Morgan fingerprint density at radius 3 is 2.62 bits per heavy atom. The van der Waals surface area contributed by atoms with Gasteiger partial charge in [-0.1, -0.05) is 19.1 Å². The zero-order valence-corrected chi connectivity index (χ0v) is 19.0. The first-order valence-electron chi connectivity index (χ1n) is 9.60. The zero-order chi connectivity index (χ0) is 18.1. The van der Waals surface area contributed by atoms with Gasteiger partial charge in [0, 0.05) is 12.6 Å². The summed E-state index contributed by atoms with van der Waals surface area (Å²) in [6.45, 7) is 10.4. The van der Waals surface area contributed by atoms with Gasteiger partial charge in [0.2, 0.25) is 0 Å². The summed E-state index contributed by atoms with van der Waals surface area (Å²) < 4.78 is 5.42. The minimum Gasteiger partial charge on any atom is -0.497 e. The first kappa shape index (κ1) is 23.0. The highest BCUT2D eigenvalue weighted by atomic mass is 127. The van der Waals surface area contributed by atoms with Gasteiger partial charge < -0.3 is 15.4 Å². The maximum absolute atomic E-state index is 5.42. The van der Waals surface area contributed by atoms with E-state index in [1.54, 1.807) is 7.11 Å². The fourth-order valence-corrected chi connectivity index (χ4v) is 3.17. The molecule has 0 radical (unpaired) electrons. The van der Waals surface area contributed by atoms with Crippen molar-refractivity contribution in [1.29, 1.82) is 0 Å². The summed E-state index contributed by atoms with van der Waals surface area (Å²) >= 11 is 0. The van der Waals surface area contributed by atoms with E-state index in [1.807, 2.05) is 6.07 Å². The molecule has 0 aromatic heterocycles. The monoisotopic (exact) mass is 474 g/mol. The van der Waals surface area contributed by atoms with E-state index in [0.717, 1.165) is 44.3 Å². The summed E-state index contributed by atoms with van der Waals surface area (Å²) in [5.74, 6) is 1.82. The molecule has 2 atom stereocenters. The van der Waals surface area contributed by atoms with Gasteiger partial charge in [-0.25, -0.2) is 0 Å². The molecule has 1 aliphatic heterocycles. The molecule has 1 heterocycles. The van der Waals surface area contributed by atoms with Crippen LogP contribution in [-0.4, -0.2) is 50.2 Å². The third-order valence-electron chi connectivity index (χ3n) is 4.82. The van der Waals surface area contributed by atoms with Crippen LogP contribution in [0.1, 0.15) is 51.6 Å². The van der Waals surface area contributed by atoms with Gasteiger partial charge in [-0.05, 0) is 63.9 Å². The van der Waals surface area contributed by atoms with E-state index >= 15 is 0 Å². The molecule has 0 amide bonds. The summed E-state index contributed by atoms with van der Waals surface area (Å²) in [6, 6.07) is 9.13. The van der Waals surface area contributed by atoms with Crippen molar-refractivity contribution in [3.63, 3.8) is 0 Å². The fraction of sp³-hybridized carbons (Fsp3) is 0.650. The van der Waals surface area contributed by atoms with Crippen molar-refractivity contribution in [3.8, 4) is 5.75 Å². The SMILES string of the molecule is CCNC(=NCC(c1cccc(OC)c1)N1CCCC1)NC(C)CC.I. The maximum atomic E-state index is 5.42. The molecule has 1 fully saturated rings. The van der Waals surface area contributed by atoms with E-state index in [9.17, 15) is 0 Å². The molecule has 2 rings (SSSR count). The Kier molecular flexibility index (Phi) is 11.0. The number of hydrogen-bond donors (Lipinski definition) is 2. The fourth-order valence-electron chi connectivity index (χ4n) is 3.17. The molecular formula is C20H35IN4O. The van der Waals surface area contributed by atoms with Crippen LogP contribution in [0.15, 0.2) is 29.3 Å². The largest absolute Gasteiger partial charge is 0.497 e. The van der Waals surface area contributed by atoms with Gasteiger partial charge in [0.05, 0.1) is 19.7 Å². The summed E-state index contributed by atoms with van der Waals surface area (Å²) in [5, 5.41) is 6.85. The van der Waals surface area contributed by atoms with E-state index in [4.69, 9.17) is 9.73 Å². The van der Waals surface area contributed by atoms with Crippen molar-refractivity contribution < 1.29 is 4.74 Å². The number of guanidine groups is 1. The van der Waals surface area contributed by atoms with Crippen LogP contribution in [0, 0.1) is 0 Å². The smallest absolute Gasteiger partial charge is 0.191 e. The Morgan fingerprint density at radius 2 is 2.00 bits per heavy atom. The summed E-state index contributed by atoms with van der Waals surface area (Å²) in [7, 11) is 1.72. The lowest BCUT2D eigenvalue weighted by atomic mass is 10.1. The Balaban J connectivity index is 0.00000338. The van der Waals surface area contributed by atoms with Crippen molar-refractivity contribution >= 4 is 29.9 Å². The molecule has 2 N–H and O–H groups in total. The molecule has 0 saturated carbocycles. The highest BCUT2D eigenvalue weighted by Gasteiger charge is 2.23. The van der Waals surface area contributed by atoms with Crippen LogP contribution in [0.5, 0.6) is 5.75 Å². The van der Waals surface area contributed by atoms with Crippen molar-refractivity contribution in [2.75, 3.05) is 33.3 Å². The number of ether oxygens (including phenoxy) is 1. The number of aliphatic imine (C=N–C) groups is 1. The third-order valence-corrected chi connectivity index (χ3v) is 4.82. The lowest BCUT2D eigenvalue weighted by Crippen LogP contribution is -2.42. The Hall–Kier alpha value is -1.02. The molecule has 0 spiro atoms. The van der Waals surface area contributed by atoms with Gasteiger partial charge in [0.1, 0.15) is 5.75 Å². The van der Waals surface area contributed by atoms with Crippen LogP contribution in [-0.2, 0) is 0 Å². The molecule has 6 heteroatoms. The molecule has 1 aliphatic rings. The number of nitrogens with zero attached hydrogens (tertiary/aromatic N) is 2. The normalized spacial score (nSPS) is 17.3. The van der Waals surface area contributed by atoms with Crippen LogP contribution in [0.3, 0.4) is 0 Å². The number of rotatable bonds is 8. The highest BCUT2D eigenvalue weighted by molar-refractivity contribution is 14.0. The van der Waals surface area contributed by atoms with Crippen LogP contribution < -0.4 is 15.4 Å². The summed E-state index contributed by atoms with van der Waals surface area (Å²) in [4.78, 5) is 7.44. The molecule has 5 nitrogen and oxygen atoms in total. The lowest BCUT2D eigenvalue weighted by molar-refractivity contribution is 0.251. The average molecular weight is 474 g/mol. The molecule has 148 valence electrons. The Bertz CT molecular complexity index is 546. The number of nitrogens with one attached hydrogen (secondary N) is 2. The molecular weight excluding hydrogens is 439 g/mol. The number of methoxy groups -OCH3 is 1. The van der Waals surface area contributed by atoms with Gasteiger partial charge in [-0.3, -0.25) is 9.89 Å². The van der Waals surface area contributed by atoms with E-state index in [2.05, 4.69) is 54.5 Å². The number of likely N-dealkylation sites (tertiary alicyclic amines) is 1. The van der Waals surface area contributed by atoms with Gasteiger partial charge in [-0.15, -0.1) is 24.0 Å². The quantitative estimate of drug-likeness (QED) is 0.342. The second-order valence-corrected chi connectivity index (χ2v) is 6.71. The van der Waals surface area contributed by atoms with Crippen molar-refractivity contribution in [3.05, 3.63) is 29.8 Å². The predicted octanol–water partition coefficient (Wildman–Crippen LogP) is 3.80. The van der Waals surface area contributed by atoms with Crippen LogP contribution in [0.2, 0.25) is 0 Å². The van der Waals surface area contributed by atoms with E-state index in [0.29, 0.717) is 12.1 Å². The first-order chi connectivity index (χ1) is 12.2. The second-order valence-electron chi connectivity index (χ2n) is 6.71. The minimum absolute atomic E-state index is 0. The topological polar surface area (TPSA) is 48.9 Å². The molecule has 26 heavy (non-hydrogen) atoms. The van der Waals surface area contributed by atoms with Gasteiger partial charge in [0.15, 0.2) is 5.96 Å². The summed E-state index contributed by atoms with van der Waals surface area (Å²) in [5.41, 5.74) is 1.28. The molecule has 2 unspecified atom stereocenters. The Labute approximate surface area is 176 Å². The minimum atomic E-state index is 0. The number of halogens is 1. The van der Waals surface area contributed by atoms with E-state index < -0.39 is 0 Å². The van der Waals surface area contributed by atoms with Crippen molar-refractivity contribution in [2.24, 2.45) is 4.99 Å². The van der Waals surface area contributed by atoms with Crippen molar-refractivity contribution in [1.82, 2.24) is 15.5 Å². The molecule has 0 aliphatic carbocycles. The van der Waals surface area contributed by atoms with Crippen molar-refractivity contribution in [2.45, 2.75) is 52.1 Å². The van der Waals surface area contributed by atoms with Gasteiger partial charge in [0.25, 0.3) is 0 Å². The van der Waals surface area contributed by atoms with Crippen LogP contribution in [0.25, 0.3) is 0 Å². The molecule has 1 aromatic carbocycles. The molecule has 1 aromatic rings. The van der Waals surface area contributed by atoms with E-state index in [-0.39, 0.29) is 24.0 Å². The van der Waals surface area contributed by atoms with E-state index in [1.165, 1.54) is 18.4 Å². The second kappa shape index (κ2) is 12.4. The molecule has 1 saturated heterocycles. The first-order valence-corrected chi connectivity index (χ1v) is 9.60. The maximum Gasteiger partial charge on any atom is 0.191 e. The average Bonchev–Trinajstić information content (AvgIpc) is 3.16. The lowest BCUT2D eigenvalue weighted by Gasteiger charge is -2.27. The Morgan fingerprint density at radius 1 is 1.27 bits per heavy atom. The van der Waals surface area contributed by atoms with Crippen LogP contribution >= 0.6 is 24.0 Å².